The van der Waals surface area contributed by atoms with E-state index in [1.807, 2.05) is 38.0 Å². The molecule has 5 heteroatoms. The molecular weight excluding hydrogens is 412 g/mol. The molecule has 1 N–H and O–H groups in total. The number of hydrogen-bond donors (Lipinski definition) is 1. The van der Waals surface area contributed by atoms with Gasteiger partial charge >= 0.3 is 0 Å². The fourth-order valence-electron chi connectivity index (χ4n) is 9.38. The maximum absolute atomic E-state index is 13.4. The maximum Gasteiger partial charge on any atom is 0.157 e. The topological polar surface area (TPSA) is 64.3 Å². The normalized spacial score (nSPS) is 44.7. The molecule has 1 heterocycles. The molecule has 4 saturated carbocycles. The number of rotatable bonds is 6. The number of aromatic nitrogens is 2. The number of ether oxygens (including phenoxy) is 1. The molecule has 0 radical (unpaired) electrons. The van der Waals surface area contributed by atoms with E-state index in [1.54, 1.807) is 0 Å². The third-order valence-corrected chi connectivity index (χ3v) is 10.9. The Labute approximate surface area is 199 Å². The molecule has 5 rings (SSSR count). The van der Waals surface area contributed by atoms with E-state index in [2.05, 4.69) is 12.0 Å². The number of carbonyl (C=O) groups excluding carboxylic acids is 1. The molecule has 1 aromatic rings. The minimum Gasteiger partial charge on any atom is -0.390 e. The summed E-state index contributed by atoms with van der Waals surface area (Å²) in [7, 11) is 1.83. The van der Waals surface area contributed by atoms with Crippen molar-refractivity contribution in [3.63, 3.8) is 0 Å². The summed E-state index contributed by atoms with van der Waals surface area (Å²) >= 11 is 0. The summed E-state index contributed by atoms with van der Waals surface area (Å²) in [6.07, 6.45) is 15.2. The van der Waals surface area contributed by atoms with E-state index in [1.165, 1.54) is 32.1 Å². The molecule has 0 saturated heterocycles. The van der Waals surface area contributed by atoms with Gasteiger partial charge in [0.2, 0.25) is 0 Å². The highest BCUT2D eigenvalue weighted by atomic mass is 16.5. The van der Waals surface area contributed by atoms with Gasteiger partial charge in [0.25, 0.3) is 0 Å². The third-order valence-electron chi connectivity index (χ3n) is 10.9. The fourth-order valence-corrected chi connectivity index (χ4v) is 9.38. The van der Waals surface area contributed by atoms with E-state index in [9.17, 15) is 9.90 Å². The number of hydrogen-bond acceptors (Lipinski definition) is 4. The second-order valence-corrected chi connectivity index (χ2v) is 12.7. The summed E-state index contributed by atoms with van der Waals surface area (Å²) in [5.74, 6) is 3.29. The van der Waals surface area contributed by atoms with Crippen molar-refractivity contribution in [3.8, 4) is 0 Å². The van der Waals surface area contributed by atoms with Crippen LogP contribution >= 0.6 is 0 Å². The van der Waals surface area contributed by atoms with Crippen LogP contribution in [0.3, 0.4) is 0 Å². The number of fused-ring (bicyclic) bond motifs is 5. The Morgan fingerprint density at radius 3 is 2.70 bits per heavy atom. The second-order valence-electron chi connectivity index (χ2n) is 12.7. The van der Waals surface area contributed by atoms with Crippen molar-refractivity contribution in [2.75, 3.05) is 13.7 Å². The van der Waals surface area contributed by atoms with Crippen molar-refractivity contribution in [2.45, 2.75) is 97.1 Å². The van der Waals surface area contributed by atoms with Gasteiger partial charge in [-0.2, -0.15) is 5.10 Å². The van der Waals surface area contributed by atoms with Crippen LogP contribution in [0.5, 0.6) is 0 Å². The average Bonchev–Trinajstić information content (AvgIpc) is 3.34. The predicted molar refractivity (Wildman–Crippen MR) is 129 cm³/mol. The molecule has 4 aliphatic carbocycles. The Hall–Kier alpha value is -1.20. The summed E-state index contributed by atoms with van der Waals surface area (Å²) in [5, 5.41) is 15.3. The molecule has 8 atom stereocenters. The zero-order chi connectivity index (χ0) is 23.4. The van der Waals surface area contributed by atoms with Crippen molar-refractivity contribution >= 4 is 5.78 Å². The van der Waals surface area contributed by atoms with Crippen LogP contribution in [0.15, 0.2) is 12.4 Å². The lowest BCUT2D eigenvalue weighted by Crippen LogP contribution is -2.57. The second kappa shape index (κ2) is 8.48. The van der Waals surface area contributed by atoms with Gasteiger partial charge < -0.3 is 9.84 Å². The van der Waals surface area contributed by atoms with Crippen LogP contribution in [0.25, 0.3) is 0 Å². The molecule has 0 aliphatic heterocycles. The van der Waals surface area contributed by atoms with Crippen LogP contribution in [0.2, 0.25) is 0 Å². The maximum atomic E-state index is 13.4. The lowest BCUT2D eigenvalue weighted by molar-refractivity contribution is -0.163. The first-order valence-electron chi connectivity index (χ1n) is 13.4. The van der Waals surface area contributed by atoms with E-state index in [-0.39, 0.29) is 11.3 Å². The van der Waals surface area contributed by atoms with Gasteiger partial charge in [0.15, 0.2) is 5.78 Å². The van der Waals surface area contributed by atoms with Gasteiger partial charge in [-0.15, -0.1) is 0 Å². The molecule has 0 amide bonds. The number of aliphatic hydroxyl groups is 1. The fraction of sp³-hybridized carbons (Fsp3) is 0.857. The molecule has 0 spiro atoms. The zero-order valence-electron chi connectivity index (χ0n) is 21.2. The minimum atomic E-state index is -0.507. The Morgan fingerprint density at radius 2 is 1.97 bits per heavy atom. The lowest BCUT2D eigenvalue weighted by atomic mass is 9.42. The number of nitrogens with zero attached hydrogens (tertiary/aromatic N) is 2. The van der Waals surface area contributed by atoms with Crippen LogP contribution in [0.1, 0.15) is 83.6 Å². The van der Waals surface area contributed by atoms with Crippen molar-refractivity contribution in [2.24, 2.45) is 40.4 Å². The summed E-state index contributed by atoms with van der Waals surface area (Å²) in [5.41, 5.74) is 1.06. The number of carbonyl (C=O) groups is 1. The molecule has 4 fully saturated rings. The Morgan fingerprint density at radius 1 is 1.15 bits per heavy atom. The first kappa shape index (κ1) is 23.5. The summed E-state index contributed by atoms with van der Waals surface area (Å²) < 4.78 is 7.45. The highest BCUT2D eigenvalue weighted by Gasteiger charge is 2.62. The molecule has 33 heavy (non-hydrogen) atoms. The van der Waals surface area contributed by atoms with Gasteiger partial charge in [0.1, 0.15) is 0 Å². The first-order chi connectivity index (χ1) is 15.7. The smallest absolute Gasteiger partial charge is 0.157 e. The molecule has 1 aromatic heterocycles. The molecule has 0 bridgehead atoms. The van der Waals surface area contributed by atoms with Crippen LogP contribution < -0.4 is 0 Å². The van der Waals surface area contributed by atoms with E-state index in [0.29, 0.717) is 29.6 Å². The first-order valence-corrected chi connectivity index (χ1v) is 13.4. The summed E-state index contributed by atoms with van der Waals surface area (Å²) in [6, 6.07) is 0. The van der Waals surface area contributed by atoms with Crippen LogP contribution in [-0.2, 0) is 16.1 Å². The van der Waals surface area contributed by atoms with Gasteiger partial charge in [-0.25, -0.2) is 0 Å². The molecule has 0 unspecified atom stereocenters. The lowest BCUT2D eigenvalue weighted by Gasteiger charge is -2.63. The van der Waals surface area contributed by atoms with E-state index in [0.717, 1.165) is 56.1 Å². The van der Waals surface area contributed by atoms with Crippen LogP contribution in [-0.4, -0.2) is 40.0 Å². The van der Waals surface area contributed by atoms with Gasteiger partial charge in [-0.05, 0) is 118 Å². The Bertz CT molecular complexity index is 878. The number of aryl methyl sites for hydroxylation is 1. The molecular formula is C28H44N2O3. The van der Waals surface area contributed by atoms with Gasteiger partial charge in [0, 0.05) is 25.8 Å². The highest BCUT2D eigenvalue weighted by Crippen LogP contribution is 2.69. The molecule has 4 aliphatic rings. The third kappa shape index (κ3) is 3.91. The standard InChI is InChI=1S/C28H44N2O3/c1-19-16-29-30(17-19)18-25(31)24-8-7-22-21-6-5-20-15-26(2,32)11-12-28(20,13-14-33-4)23(21)9-10-27(22,24)3/h16-17,20-24,32H,5-15,18H2,1-4H3/t20-,21+,22+,23+,24-,26-,27+,28-/m1/s1. The van der Waals surface area contributed by atoms with Crippen LogP contribution in [0, 0.1) is 47.3 Å². The molecule has 184 valence electrons. The van der Waals surface area contributed by atoms with Gasteiger partial charge in [-0.1, -0.05) is 6.92 Å². The number of methoxy groups -OCH3 is 1. The Balaban J connectivity index is 1.37. The Kier molecular flexibility index (Phi) is 6.05. The zero-order valence-corrected chi connectivity index (χ0v) is 21.2. The molecule has 5 nitrogen and oxygen atoms in total. The number of ketones is 1. The van der Waals surface area contributed by atoms with E-state index >= 15 is 0 Å². The summed E-state index contributed by atoms with van der Waals surface area (Å²) in [6.45, 7) is 7.77. The van der Waals surface area contributed by atoms with Crippen molar-refractivity contribution in [3.05, 3.63) is 18.0 Å². The number of Topliss-reactive ketones (excluding diaryl/α,β-unsaturated/α-hetero) is 1. The predicted octanol–water partition coefficient (Wildman–Crippen LogP) is 5.19. The van der Waals surface area contributed by atoms with Gasteiger partial charge in [-0.3, -0.25) is 9.48 Å². The average molecular weight is 457 g/mol. The van der Waals surface area contributed by atoms with E-state index < -0.39 is 5.60 Å². The SMILES string of the molecule is COCC[C@]12CC[C@@](C)(O)C[C@H]1CC[C@H]1[C@@H]3CC[C@H](C(=O)Cn4cc(C)cn4)[C@@]3(C)CC[C@@H]12. The monoisotopic (exact) mass is 456 g/mol. The van der Waals surface area contributed by atoms with Crippen molar-refractivity contribution < 1.29 is 14.6 Å². The van der Waals surface area contributed by atoms with E-state index in [4.69, 9.17) is 4.74 Å². The molecule has 0 aromatic carbocycles. The van der Waals surface area contributed by atoms with Crippen molar-refractivity contribution in [1.29, 1.82) is 0 Å². The minimum absolute atomic E-state index is 0.135. The quantitative estimate of drug-likeness (QED) is 0.640. The van der Waals surface area contributed by atoms with Crippen LogP contribution in [0.4, 0.5) is 0 Å². The highest BCUT2D eigenvalue weighted by molar-refractivity contribution is 5.82. The summed E-state index contributed by atoms with van der Waals surface area (Å²) in [4.78, 5) is 13.4. The largest absolute Gasteiger partial charge is 0.390 e. The van der Waals surface area contributed by atoms with Gasteiger partial charge in [0.05, 0.1) is 18.3 Å². The van der Waals surface area contributed by atoms with Crippen molar-refractivity contribution in [1.82, 2.24) is 9.78 Å².